The smallest absolute Gasteiger partial charge is 0.251 e. The van der Waals surface area contributed by atoms with Crippen molar-refractivity contribution in [1.29, 1.82) is 0 Å². The van der Waals surface area contributed by atoms with Gasteiger partial charge in [0.2, 0.25) is 11.8 Å². The third-order valence-corrected chi connectivity index (χ3v) is 4.66. The number of nitrogens with zero attached hydrogens (tertiary/aromatic N) is 2. The van der Waals surface area contributed by atoms with Crippen molar-refractivity contribution in [2.45, 2.75) is 32.7 Å². The highest BCUT2D eigenvalue weighted by Crippen LogP contribution is 2.25. The van der Waals surface area contributed by atoms with E-state index in [2.05, 4.69) is 10.6 Å². The van der Waals surface area contributed by atoms with Crippen molar-refractivity contribution in [3.8, 4) is 0 Å². The normalized spacial score (nSPS) is 17.0. The summed E-state index contributed by atoms with van der Waals surface area (Å²) in [5, 5.41) is 5.60. The molecule has 2 rings (SSSR count). The van der Waals surface area contributed by atoms with Gasteiger partial charge in [-0.2, -0.15) is 0 Å². The van der Waals surface area contributed by atoms with E-state index in [1.807, 2.05) is 51.9 Å². The Morgan fingerprint density at radius 1 is 1.11 bits per heavy atom. The van der Waals surface area contributed by atoms with Crippen molar-refractivity contribution in [3.63, 3.8) is 0 Å². The van der Waals surface area contributed by atoms with E-state index in [1.54, 1.807) is 17.0 Å². The Bertz CT molecular complexity index is 692. The average molecular weight is 374 g/mol. The van der Waals surface area contributed by atoms with Crippen LogP contribution in [0.1, 0.15) is 37.6 Å². The highest BCUT2D eigenvalue weighted by atomic mass is 16.2. The molecule has 1 heterocycles. The van der Waals surface area contributed by atoms with Gasteiger partial charge in [-0.1, -0.05) is 0 Å². The molecule has 1 aromatic rings. The van der Waals surface area contributed by atoms with Gasteiger partial charge in [0.15, 0.2) is 0 Å². The first-order chi connectivity index (χ1) is 12.6. The summed E-state index contributed by atoms with van der Waals surface area (Å²) in [7, 11) is 3.88. The molecule has 1 aliphatic rings. The molecule has 7 nitrogen and oxygen atoms in total. The molecule has 148 valence electrons. The Morgan fingerprint density at radius 3 is 2.22 bits per heavy atom. The van der Waals surface area contributed by atoms with E-state index in [-0.39, 0.29) is 35.6 Å². The molecule has 1 atom stereocenters. The number of hydrogen-bond donors (Lipinski definition) is 2. The van der Waals surface area contributed by atoms with E-state index in [4.69, 9.17) is 0 Å². The minimum atomic E-state index is -0.328. The molecule has 1 unspecified atom stereocenters. The van der Waals surface area contributed by atoms with Crippen LogP contribution in [0.25, 0.3) is 0 Å². The van der Waals surface area contributed by atoms with Crippen molar-refractivity contribution in [3.05, 3.63) is 29.8 Å². The molecule has 7 heteroatoms. The van der Waals surface area contributed by atoms with Gasteiger partial charge in [-0.25, -0.2) is 0 Å². The van der Waals surface area contributed by atoms with Crippen LogP contribution in [-0.4, -0.2) is 61.9 Å². The summed E-state index contributed by atoms with van der Waals surface area (Å²) in [4.78, 5) is 40.2. The molecule has 1 aromatic carbocycles. The molecule has 1 aliphatic heterocycles. The van der Waals surface area contributed by atoms with Crippen LogP contribution in [0.4, 0.5) is 5.69 Å². The van der Waals surface area contributed by atoms with Gasteiger partial charge in [-0.05, 0) is 45.0 Å². The van der Waals surface area contributed by atoms with Gasteiger partial charge in [0.05, 0.1) is 5.92 Å². The number of benzene rings is 1. The molecule has 0 spiro atoms. The van der Waals surface area contributed by atoms with Crippen LogP contribution in [0, 0.1) is 5.92 Å². The van der Waals surface area contributed by atoms with Crippen molar-refractivity contribution in [2.75, 3.05) is 38.6 Å². The minimum absolute atomic E-state index is 0.0112. The van der Waals surface area contributed by atoms with Gasteiger partial charge < -0.3 is 20.4 Å². The molecule has 0 aromatic heterocycles. The fourth-order valence-electron chi connectivity index (χ4n) is 3.05. The lowest BCUT2D eigenvalue weighted by Gasteiger charge is -2.31. The molecule has 0 bridgehead atoms. The van der Waals surface area contributed by atoms with Crippen LogP contribution in [0.5, 0.6) is 0 Å². The molecule has 27 heavy (non-hydrogen) atoms. The highest BCUT2D eigenvalue weighted by Gasteiger charge is 2.39. The van der Waals surface area contributed by atoms with Crippen LogP contribution in [0.3, 0.4) is 0 Å². The summed E-state index contributed by atoms with van der Waals surface area (Å²) < 4.78 is 0. The topological polar surface area (TPSA) is 81.8 Å². The van der Waals surface area contributed by atoms with Gasteiger partial charge >= 0.3 is 0 Å². The number of rotatable bonds is 6. The molecule has 0 radical (unpaired) electrons. The van der Waals surface area contributed by atoms with Crippen LogP contribution >= 0.6 is 0 Å². The number of carbonyl (C=O) groups excluding carboxylic acids is 3. The lowest BCUT2D eigenvalue weighted by molar-refractivity contribution is -0.132. The maximum atomic E-state index is 12.3. The van der Waals surface area contributed by atoms with Gasteiger partial charge in [0.1, 0.15) is 0 Å². The number of carbonyl (C=O) groups is 3. The highest BCUT2D eigenvalue weighted by molar-refractivity contribution is 5.94. The number of hydrogen-bond acceptors (Lipinski definition) is 4. The second-order valence-electron chi connectivity index (χ2n) is 8.06. The van der Waals surface area contributed by atoms with Gasteiger partial charge in [0, 0.05) is 56.9 Å². The average Bonchev–Trinajstić information content (AvgIpc) is 3.00. The van der Waals surface area contributed by atoms with Gasteiger partial charge in [-0.15, -0.1) is 0 Å². The Balaban J connectivity index is 1.74. The maximum absolute atomic E-state index is 12.3. The molecular weight excluding hydrogens is 344 g/mol. The van der Waals surface area contributed by atoms with E-state index in [0.29, 0.717) is 25.2 Å². The lowest BCUT2D eigenvalue weighted by atomic mass is 10.1. The van der Waals surface area contributed by atoms with Crippen molar-refractivity contribution in [1.82, 2.24) is 15.5 Å². The van der Waals surface area contributed by atoms with E-state index in [9.17, 15) is 14.4 Å². The van der Waals surface area contributed by atoms with E-state index in [1.165, 1.54) is 0 Å². The molecule has 0 aliphatic carbocycles. The molecular formula is C20H30N4O3. The van der Waals surface area contributed by atoms with Gasteiger partial charge in [0.25, 0.3) is 5.91 Å². The van der Waals surface area contributed by atoms with Crippen LogP contribution in [0.2, 0.25) is 0 Å². The first-order valence-electron chi connectivity index (χ1n) is 9.23. The van der Waals surface area contributed by atoms with Crippen LogP contribution < -0.4 is 15.5 Å². The fourth-order valence-corrected chi connectivity index (χ4v) is 3.05. The first-order valence-corrected chi connectivity index (χ1v) is 9.23. The van der Waals surface area contributed by atoms with Crippen molar-refractivity contribution >= 4 is 23.4 Å². The monoisotopic (exact) mass is 374 g/mol. The van der Waals surface area contributed by atoms with E-state index >= 15 is 0 Å². The summed E-state index contributed by atoms with van der Waals surface area (Å²) in [6.45, 7) is 7.01. The molecule has 1 fully saturated rings. The fraction of sp³-hybridized carbons (Fsp3) is 0.550. The minimum Gasteiger partial charge on any atom is -0.378 e. The summed E-state index contributed by atoms with van der Waals surface area (Å²) >= 11 is 0. The van der Waals surface area contributed by atoms with E-state index in [0.717, 1.165) is 5.69 Å². The predicted octanol–water partition coefficient (Wildman–Crippen LogP) is 1.25. The summed E-state index contributed by atoms with van der Waals surface area (Å²) in [6.07, 6.45) is 0.244. The number of amides is 3. The predicted molar refractivity (Wildman–Crippen MR) is 106 cm³/mol. The summed E-state index contributed by atoms with van der Waals surface area (Å²) in [5.74, 6) is -0.632. The Labute approximate surface area is 161 Å². The third-order valence-electron chi connectivity index (χ3n) is 4.66. The maximum Gasteiger partial charge on any atom is 0.251 e. The molecule has 2 N–H and O–H groups in total. The number of anilines is 1. The molecule has 0 saturated carbocycles. The Hall–Kier alpha value is -2.57. The zero-order valence-electron chi connectivity index (χ0n) is 16.8. The van der Waals surface area contributed by atoms with Gasteiger partial charge in [-0.3, -0.25) is 14.4 Å². The number of likely N-dealkylation sites (tertiary alicyclic amines) is 1. The first kappa shape index (κ1) is 20.7. The van der Waals surface area contributed by atoms with Crippen molar-refractivity contribution in [2.24, 2.45) is 5.92 Å². The Morgan fingerprint density at radius 2 is 1.70 bits per heavy atom. The Kier molecular flexibility index (Phi) is 6.46. The summed E-state index contributed by atoms with van der Waals surface area (Å²) in [5.41, 5.74) is 1.32. The largest absolute Gasteiger partial charge is 0.378 e. The SMILES string of the molecule is CN(C)c1ccc(C(=O)NCCNC(=O)C2CC(=O)N(C(C)(C)C)C2)cc1. The third kappa shape index (κ3) is 5.45. The quantitative estimate of drug-likeness (QED) is 0.734. The van der Waals surface area contributed by atoms with Crippen LogP contribution in [-0.2, 0) is 9.59 Å². The lowest BCUT2D eigenvalue weighted by Crippen LogP contribution is -2.43. The van der Waals surface area contributed by atoms with Crippen molar-refractivity contribution < 1.29 is 14.4 Å². The standard InChI is InChI=1S/C20H30N4O3/c1-20(2,3)24-13-15(12-17(24)25)19(27)22-11-10-21-18(26)14-6-8-16(9-7-14)23(4)5/h6-9,15H,10-13H2,1-5H3,(H,21,26)(H,22,27). The second kappa shape index (κ2) is 8.41. The zero-order chi connectivity index (χ0) is 20.2. The second-order valence-corrected chi connectivity index (χ2v) is 8.06. The zero-order valence-corrected chi connectivity index (χ0v) is 16.8. The van der Waals surface area contributed by atoms with Crippen LogP contribution in [0.15, 0.2) is 24.3 Å². The van der Waals surface area contributed by atoms with E-state index < -0.39 is 0 Å². The molecule has 1 saturated heterocycles. The molecule has 3 amide bonds. The summed E-state index contributed by atoms with van der Waals surface area (Å²) in [6, 6.07) is 7.31. The number of nitrogens with one attached hydrogen (secondary N) is 2.